The first-order valence-electron chi connectivity index (χ1n) is 6.78. The fourth-order valence-electron chi connectivity index (χ4n) is 1.97. The summed E-state index contributed by atoms with van der Waals surface area (Å²) >= 11 is 0. The molecule has 1 fully saturated rings. The largest absolute Gasteiger partial charge is 0.462 e. The van der Waals surface area contributed by atoms with Gasteiger partial charge in [0, 0.05) is 19.4 Å². The van der Waals surface area contributed by atoms with Gasteiger partial charge in [0.2, 0.25) is 0 Å². The number of esters is 1. The molecule has 18 heavy (non-hydrogen) atoms. The second kappa shape index (κ2) is 5.74. The first-order chi connectivity index (χ1) is 8.12. The Hall–Kier alpha value is -0.353. The average molecular weight is 271 g/mol. The molecule has 1 aliphatic rings. The number of ether oxygens (including phenoxy) is 1. The molecule has 0 aromatic heterocycles. The summed E-state index contributed by atoms with van der Waals surface area (Å²) in [6.07, 6.45) is 5.08. The monoisotopic (exact) mass is 271 g/mol. The lowest BCUT2D eigenvalue weighted by Crippen LogP contribution is -2.45. The van der Waals surface area contributed by atoms with Gasteiger partial charge in [-0.15, -0.1) is 0 Å². The van der Waals surface area contributed by atoms with Crippen molar-refractivity contribution in [2.45, 2.75) is 77.3 Å². The fraction of sp³-hybridized carbons (Fsp3) is 0.857. The third kappa shape index (κ3) is 4.39. The highest BCUT2D eigenvalue weighted by Gasteiger charge is 2.40. The van der Waals surface area contributed by atoms with Gasteiger partial charge in [-0.2, -0.15) is 0 Å². The van der Waals surface area contributed by atoms with Crippen LogP contribution in [0.1, 0.15) is 47.0 Å². The molecule has 0 unspecified atom stereocenters. The van der Waals surface area contributed by atoms with Crippen LogP contribution in [-0.2, 0) is 14.0 Å². The Morgan fingerprint density at radius 2 is 1.78 bits per heavy atom. The molecule has 0 spiro atoms. The van der Waals surface area contributed by atoms with Gasteiger partial charge in [-0.25, -0.2) is 0 Å². The quantitative estimate of drug-likeness (QED) is 0.580. The van der Waals surface area contributed by atoms with Gasteiger partial charge in [-0.3, -0.25) is 4.79 Å². The lowest BCUT2D eigenvalue weighted by atomic mass is 9.95. The molecule has 0 aliphatic heterocycles. The van der Waals surface area contributed by atoms with Crippen molar-refractivity contribution in [3.05, 3.63) is 6.42 Å². The van der Waals surface area contributed by atoms with E-state index in [-0.39, 0.29) is 23.2 Å². The molecule has 1 aliphatic carbocycles. The van der Waals surface area contributed by atoms with E-state index in [4.69, 9.17) is 9.16 Å². The Bertz CT molecular complexity index is 294. The summed E-state index contributed by atoms with van der Waals surface area (Å²) < 4.78 is 11.7. The Balaban J connectivity index is 2.55. The molecule has 2 atom stereocenters. The zero-order chi connectivity index (χ0) is 14.0. The summed E-state index contributed by atoms with van der Waals surface area (Å²) in [5.41, 5.74) is 0. The minimum absolute atomic E-state index is 0.00557. The van der Waals surface area contributed by atoms with E-state index in [1.54, 1.807) is 0 Å². The number of hydrogen-bond donors (Lipinski definition) is 0. The zero-order valence-electron chi connectivity index (χ0n) is 12.6. The maximum Gasteiger partial charge on any atom is 0.302 e. The van der Waals surface area contributed by atoms with Crippen LogP contribution in [0.5, 0.6) is 0 Å². The van der Waals surface area contributed by atoms with Crippen molar-refractivity contribution in [2.75, 3.05) is 0 Å². The van der Waals surface area contributed by atoms with E-state index >= 15 is 0 Å². The van der Waals surface area contributed by atoms with Gasteiger partial charge in [0.15, 0.2) is 8.32 Å². The van der Waals surface area contributed by atoms with Gasteiger partial charge in [0.1, 0.15) is 6.10 Å². The van der Waals surface area contributed by atoms with Crippen LogP contribution in [0.3, 0.4) is 0 Å². The van der Waals surface area contributed by atoms with Crippen molar-refractivity contribution >= 4 is 14.3 Å². The molecule has 0 heterocycles. The molecule has 0 aromatic carbocycles. The predicted molar refractivity (Wildman–Crippen MR) is 75.8 cm³/mol. The molecular weight excluding hydrogens is 244 g/mol. The molecule has 105 valence electrons. The Labute approximate surface area is 112 Å². The van der Waals surface area contributed by atoms with Gasteiger partial charge in [-0.05, 0) is 37.4 Å². The number of carbonyl (C=O) groups excluding carboxylic acids is 1. The summed E-state index contributed by atoms with van der Waals surface area (Å²) in [4.78, 5) is 11.0. The number of rotatable bonds is 3. The molecule has 0 saturated heterocycles. The van der Waals surface area contributed by atoms with Crippen molar-refractivity contribution in [3.8, 4) is 0 Å². The molecule has 1 saturated carbocycles. The van der Waals surface area contributed by atoms with Crippen LogP contribution >= 0.6 is 0 Å². The van der Waals surface area contributed by atoms with E-state index in [0.717, 1.165) is 19.3 Å². The first kappa shape index (κ1) is 15.7. The predicted octanol–water partition coefficient (Wildman–Crippen LogP) is 3.70. The van der Waals surface area contributed by atoms with Crippen LogP contribution in [0.2, 0.25) is 18.1 Å². The first-order valence-corrected chi connectivity index (χ1v) is 9.69. The molecule has 0 N–H and O–H groups in total. The second-order valence-corrected chi connectivity index (χ2v) is 11.5. The van der Waals surface area contributed by atoms with Crippen LogP contribution in [0.15, 0.2) is 0 Å². The molecule has 4 heteroatoms. The van der Waals surface area contributed by atoms with Crippen LogP contribution in [0, 0.1) is 6.42 Å². The normalized spacial score (nSPS) is 25.9. The Morgan fingerprint density at radius 3 is 2.28 bits per heavy atom. The minimum atomic E-state index is -1.72. The summed E-state index contributed by atoms with van der Waals surface area (Å²) in [5.74, 6) is -0.193. The highest BCUT2D eigenvalue weighted by molar-refractivity contribution is 6.74. The Kier molecular flexibility index (Phi) is 5.01. The maximum atomic E-state index is 11.0. The van der Waals surface area contributed by atoms with Gasteiger partial charge >= 0.3 is 5.97 Å². The second-order valence-electron chi connectivity index (χ2n) is 6.73. The number of hydrogen-bond acceptors (Lipinski definition) is 3. The van der Waals surface area contributed by atoms with E-state index in [9.17, 15) is 4.79 Å². The van der Waals surface area contributed by atoms with Crippen molar-refractivity contribution < 1.29 is 14.0 Å². The minimum Gasteiger partial charge on any atom is -0.462 e. The summed E-state index contributed by atoms with van der Waals surface area (Å²) in [6.45, 7) is 12.7. The van der Waals surface area contributed by atoms with Crippen molar-refractivity contribution in [2.24, 2.45) is 0 Å². The van der Waals surface area contributed by atoms with E-state index in [1.807, 2.05) is 0 Å². The van der Waals surface area contributed by atoms with E-state index in [1.165, 1.54) is 6.92 Å². The molecule has 3 nitrogen and oxygen atoms in total. The third-order valence-corrected chi connectivity index (χ3v) is 8.52. The summed E-state index contributed by atoms with van der Waals surface area (Å²) in [7, 11) is -1.72. The molecular formula is C14H27O3Si. The lowest BCUT2D eigenvalue weighted by Gasteiger charge is -2.41. The Morgan fingerprint density at radius 1 is 1.22 bits per heavy atom. The number of carbonyl (C=O) groups is 1. The molecule has 0 amide bonds. The topological polar surface area (TPSA) is 35.5 Å². The highest BCUT2D eigenvalue weighted by Crippen LogP contribution is 2.39. The molecule has 1 radical (unpaired) electrons. The molecule has 0 aromatic rings. The van der Waals surface area contributed by atoms with Crippen LogP contribution in [0.4, 0.5) is 0 Å². The maximum absolute atomic E-state index is 11.0. The van der Waals surface area contributed by atoms with Gasteiger partial charge in [-0.1, -0.05) is 20.8 Å². The van der Waals surface area contributed by atoms with Crippen molar-refractivity contribution in [1.29, 1.82) is 0 Å². The molecule has 1 rings (SSSR count). The van der Waals surface area contributed by atoms with Crippen molar-refractivity contribution in [1.82, 2.24) is 0 Å². The van der Waals surface area contributed by atoms with E-state index in [0.29, 0.717) is 0 Å². The highest BCUT2D eigenvalue weighted by atomic mass is 28.4. The van der Waals surface area contributed by atoms with Crippen LogP contribution < -0.4 is 0 Å². The van der Waals surface area contributed by atoms with Crippen LogP contribution in [0.25, 0.3) is 0 Å². The van der Waals surface area contributed by atoms with Crippen molar-refractivity contribution in [3.63, 3.8) is 0 Å². The SMILES string of the molecule is CC(=O)O[C@H]1C[CH]C[C@@H](O[Si](C)(C)C(C)(C)C)C1. The lowest BCUT2D eigenvalue weighted by molar-refractivity contribution is -0.148. The summed E-state index contributed by atoms with van der Waals surface area (Å²) in [6, 6.07) is 0. The fourth-order valence-corrected chi connectivity index (χ4v) is 3.35. The van der Waals surface area contributed by atoms with Gasteiger partial charge < -0.3 is 9.16 Å². The summed E-state index contributed by atoms with van der Waals surface area (Å²) in [5, 5.41) is 0.224. The van der Waals surface area contributed by atoms with E-state index in [2.05, 4.69) is 40.3 Å². The van der Waals surface area contributed by atoms with Crippen LogP contribution in [-0.4, -0.2) is 26.5 Å². The molecule has 0 bridgehead atoms. The standard InChI is InChI=1S/C14H27O3Si/c1-11(15)16-12-8-7-9-13(10-12)17-18(5,6)14(2,3)4/h7,12-13H,8-10H2,1-6H3/t12-,13+/m0/s1. The van der Waals surface area contributed by atoms with E-state index < -0.39 is 8.32 Å². The third-order valence-electron chi connectivity index (χ3n) is 3.99. The average Bonchev–Trinajstić information content (AvgIpc) is 2.14. The van der Waals surface area contributed by atoms with Gasteiger partial charge in [0.05, 0.1) is 0 Å². The zero-order valence-corrected chi connectivity index (χ0v) is 13.6. The smallest absolute Gasteiger partial charge is 0.302 e. The van der Waals surface area contributed by atoms with Gasteiger partial charge in [0.25, 0.3) is 0 Å².